The summed E-state index contributed by atoms with van der Waals surface area (Å²) in [4.78, 5) is 10.5. The minimum absolute atomic E-state index is 0.0656. The Labute approximate surface area is 114 Å². The Hall–Kier alpha value is -2.30. The van der Waals surface area contributed by atoms with Gasteiger partial charge in [-0.25, -0.2) is 0 Å². The number of hydrogen-bond acceptors (Lipinski definition) is 2. The van der Waals surface area contributed by atoms with Crippen LogP contribution in [0.3, 0.4) is 0 Å². The zero-order valence-electron chi connectivity index (χ0n) is 10.4. The van der Waals surface area contributed by atoms with Crippen LogP contribution < -0.4 is 5.32 Å². The van der Waals surface area contributed by atoms with Crippen LogP contribution in [-0.4, -0.2) is 6.29 Å². The molecule has 20 heavy (non-hydrogen) atoms. The van der Waals surface area contributed by atoms with Gasteiger partial charge in [-0.15, -0.1) is 0 Å². The van der Waals surface area contributed by atoms with Crippen molar-refractivity contribution < 1.29 is 18.0 Å². The Balaban J connectivity index is 2.12. The highest BCUT2D eigenvalue weighted by molar-refractivity contribution is 5.75. The van der Waals surface area contributed by atoms with Crippen molar-refractivity contribution in [1.29, 1.82) is 0 Å². The first-order chi connectivity index (χ1) is 9.50. The average molecular weight is 279 g/mol. The van der Waals surface area contributed by atoms with E-state index in [2.05, 4.69) is 5.32 Å². The normalized spacial score (nSPS) is 11.2. The van der Waals surface area contributed by atoms with Crippen LogP contribution in [0.1, 0.15) is 21.5 Å². The van der Waals surface area contributed by atoms with Gasteiger partial charge in [0.05, 0.1) is 5.56 Å². The smallest absolute Gasteiger partial charge is 0.381 e. The summed E-state index contributed by atoms with van der Waals surface area (Å²) in [6, 6.07) is 11.9. The van der Waals surface area contributed by atoms with Gasteiger partial charge in [0.15, 0.2) is 0 Å². The molecule has 0 atom stereocenters. The number of benzene rings is 2. The fraction of sp³-hybridized carbons (Fsp3) is 0.133. The first kappa shape index (κ1) is 14.1. The van der Waals surface area contributed by atoms with Crippen molar-refractivity contribution in [1.82, 2.24) is 0 Å². The molecule has 0 bridgehead atoms. The van der Waals surface area contributed by atoms with Gasteiger partial charge in [0.1, 0.15) is 6.29 Å². The van der Waals surface area contributed by atoms with Gasteiger partial charge in [-0.2, -0.15) is 13.2 Å². The summed E-state index contributed by atoms with van der Waals surface area (Å²) in [5.74, 6) is 0. The van der Waals surface area contributed by atoms with Crippen LogP contribution >= 0.6 is 0 Å². The number of carbonyl (C=O) groups is 1. The molecule has 2 nitrogen and oxygen atoms in total. The molecule has 0 aliphatic rings. The second-order valence-corrected chi connectivity index (χ2v) is 4.25. The van der Waals surface area contributed by atoms with E-state index in [1.54, 1.807) is 30.3 Å². The standard InChI is InChI=1S/C15H12F3NO/c16-15(17,18)14-4-2-1-3-12(14)9-19-13-7-5-11(10-20)6-8-13/h1-8,10,19H,9H2. The highest BCUT2D eigenvalue weighted by Gasteiger charge is 2.32. The van der Waals surface area contributed by atoms with Gasteiger partial charge in [-0.05, 0) is 35.9 Å². The van der Waals surface area contributed by atoms with Crippen molar-refractivity contribution in [3.05, 3.63) is 65.2 Å². The summed E-state index contributed by atoms with van der Waals surface area (Å²) in [6.45, 7) is 0.0656. The van der Waals surface area contributed by atoms with Crippen LogP contribution in [0.5, 0.6) is 0 Å². The highest BCUT2D eigenvalue weighted by Crippen LogP contribution is 2.32. The van der Waals surface area contributed by atoms with Crippen molar-refractivity contribution in [2.24, 2.45) is 0 Å². The van der Waals surface area contributed by atoms with Crippen LogP contribution in [0.15, 0.2) is 48.5 Å². The molecular weight excluding hydrogens is 267 g/mol. The zero-order chi connectivity index (χ0) is 14.6. The van der Waals surface area contributed by atoms with E-state index in [0.717, 1.165) is 6.07 Å². The van der Waals surface area contributed by atoms with Crippen molar-refractivity contribution in [3.8, 4) is 0 Å². The maximum absolute atomic E-state index is 12.8. The fourth-order valence-corrected chi connectivity index (χ4v) is 1.83. The highest BCUT2D eigenvalue weighted by atomic mass is 19.4. The van der Waals surface area contributed by atoms with Crippen molar-refractivity contribution in [3.63, 3.8) is 0 Å². The van der Waals surface area contributed by atoms with Gasteiger partial charge in [-0.1, -0.05) is 18.2 Å². The van der Waals surface area contributed by atoms with E-state index in [-0.39, 0.29) is 12.1 Å². The fourth-order valence-electron chi connectivity index (χ4n) is 1.83. The Morgan fingerprint density at radius 1 is 1.00 bits per heavy atom. The maximum atomic E-state index is 12.8. The lowest BCUT2D eigenvalue weighted by atomic mass is 10.1. The maximum Gasteiger partial charge on any atom is 0.416 e. The predicted octanol–water partition coefficient (Wildman–Crippen LogP) is 4.13. The summed E-state index contributed by atoms with van der Waals surface area (Å²) < 4.78 is 38.4. The Kier molecular flexibility index (Phi) is 4.08. The molecule has 2 aromatic carbocycles. The first-order valence-corrected chi connectivity index (χ1v) is 5.95. The number of aldehydes is 1. The van der Waals surface area contributed by atoms with Gasteiger partial charge < -0.3 is 5.32 Å². The monoisotopic (exact) mass is 279 g/mol. The third-order valence-electron chi connectivity index (χ3n) is 2.85. The van der Waals surface area contributed by atoms with E-state index in [9.17, 15) is 18.0 Å². The topological polar surface area (TPSA) is 29.1 Å². The summed E-state index contributed by atoms with van der Waals surface area (Å²) in [7, 11) is 0. The molecule has 0 fully saturated rings. The van der Waals surface area contributed by atoms with E-state index in [0.29, 0.717) is 17.5 Å². The lowest BCUT2D eigenvalue weighted by Gasteiger charge is -2.13. The minimum atomic E-state index is -4.36. The lowest BCUT2D eigenvalue weighted by molar-refractivity contribution is -0.138. The van der Waals surface area contributed by atoms with E-state index < -0.39 is 11.7 Å². The van der Waals surface area contributed by atoms with Crippen LogP contribution in [0.2, 0.25) is 0 Å². The van der Waals surface area contributed by atoms with Gasteiger partial charge >= 0.3 is 6.18 Å². The molecule has 0 aliphatic carbocycles. The Morgan fingerprint density at radius 2 is 1.65 bits per heavy atom. The summed E-state index contributed by atoms with van der Waals surface area (Å²) in [5, 5.41) is 2.91. The van der Waals surface area contributed by atoms with Crippen molar-refractivity contribution >= 4 is 12.0 Å². The lowest BCUT2D eigenvalue weighted by Crippen LogP contribution is -2.11. The number of nitrogens with one attached hydrogen (secondary N) is 1. The minimum Gasteiger partial charge on any atom is -0.381 e. The van der Waals surface area contributed by atoms with Gasteiger partial charge in [-0.3, -0.25) is 4.79 Å². The van der Waals surface area contributed by atoms with Crippen LogP contribution in [-0.2, 0) is 12.7 Å². The number of rotatable bonds is 4. The zero-order valence-corrected chi connectivity index (χ0v) is 10.4. The summed E-state index contributed by atoms with van der Waals surface area (Å²) in [5.41, 5.74) is 0.718. The average Bonchev–Trinajstić information content (AvgIpc) is 2.45. The largest absolute Gasteiger partial charge is 0.416 e. The van der Waals surface area contributed by atoms with E-state index in [1.165, 1.54) is 12.1 Å². The van der Waals surface area contributed by atoms with Crippen LogP contribution in [0.25, 0.3) is 0 Å². The van der Waals surface area contributed by atoms with E-state index in [4.69, 9.17) is 0 Å². The van der Waals surface area contributed by atoms with Gasteiger partial charge in [0.25, 0.3) is 0 Å². The molecule has 0 unspecified atom stereocenters. The molecule has 0 heterocycles. The second kappa shape index (κ2) is 5.77. The first-order valence-electron chi connectivity index (χ1n) is 5.95. The molecule has 0 saturated heterocycles. The quantitative estimate of drug-likeness (QED) is 0.853. The third-order valence-corrected chi connectivity index (χ3v) is 2.85. The molecule has 0 saturated carbocycles. The van der Waals surface area contributed by atoms with Crippen molar-refractivity contribution in [2.45, 2.75) is 12.7 Å². The molecule has 0 amide bonds. The molecule has 0 radical (unpaired) electrons. The number of halogens is 3. The Bertz CT molecular complexity index is 591. The number of alkyl halides is 3. The van der Waals surface area contributed by atoms with Crippen LogP contribution in [0.4, 0.5) is 18.9 Å². The summed E-state index contributed by atoms with van der Waals surface area (Å²) in [6.07, 6.45) is -3.65. The molecule has 0 spiro atoms. The van der Waals surface area contributed by atoms with Gasteiger partial charge in [0, 0.05) is 17.8 Å². The second-order valence-electron chi connectivity index (χ2n) is 4.25. The molecule has 2 rings (SSSR count). The van der Waals surface area contributed by atoms with Crippen molar-refractivity contribution in [2.75, 3.05) is 5.32 Å². The molecule has 0 aromatic heterocycles. The molecular formula is C15H12F3NO. The molecule has 5 heteroatoms. The van der Waals surface area contributed by atoms with Crippen LogP contribution in [0, 0.1) is 0 Å². The molecule has 1 N–H and O–H groups in total. The predicted molar refractivity (Wildman–Crippen MR) is 70.6 cm³/mol. The number of carbonyl (C=O) groups excluding carboxylic acids is 1. The SMILES string of the molecule is O=Cc1ccc(NCc2ccccc2C(F)(F)F)cc1. The molecule has 2 aromatic rings. The molecule has 104 valence electrons. The third kappa shape index (κ3) is 3.38. The Morgan fingerprint density at radius 3 is 2.25 bits per heavy atom. The van der Waals surface area contributed by atoms with E-state index in [1.807, 2.05) is 0 Å². The molecule has 0 aliphatic heterocycles. The van der Waals surface area contributed by atoms with E-state index >= 15 is 0 Å². The number of hydrogen-bond donors (Lipinski definition) is 1. The summed E-state index contributed by atoms with van der Waals surface area (Å²) >= 11 is 0. The number of anilines is 1. The van der Waals surface area contributed by atoms with Gasteiger partial charge in [0.2, 0.25) is 0 Å².